The number of aliphatic hydroxyl groups is 2. The quantitative estimate of drug-likeness (QED) is 0.277. The van der Waals surface area contributed by atoms with Gasteiger partial charge in [0, 0.05) is 52.8 Å². The fraction of sp³-hybridized carbons (Fsp3) is 0.500. The molecule has 10 nitrogen and oxygen atoms in total. The summed E-state index contributed by atoms with van der Waals surface area (Å²) < 4.78 is 62.2. The van der Waals surface area contributed by atoms with Gasteiger partial charge in [0.15, 0.2) is 5.82 Å². The molecule has 3 fully saturated rings. The highest BCUT2D eigenvalue weighted by molar-refractivity contribution is 6.16. The number of ether oxygens (including phenoxy) is 1. The average Bonchev–Trinajstić information content (AvgIpc) is 3.98. The highest BCUT2D eigenvalue weighted by atomic mass is 19.4. The fourth-order valence-electron chi connectivity index (χ4n) is 6.62. The molecule has 2 aliphatic carbocycles. The molecule has 1 spiro atoms. The molecule has 7 rings (SSSR count). The van der Waals surface area contributed by atoms with Crippen LogP contribution in [0.25, 0.3) is 11.1 Å². The van der Waals surface area contributed by atoms with Gasteiger partial charge in [-0.25, -0.2) is 19.3 Å². The van der Waals surface area contributed by atoms with E-state index in [1.807, 2.05) is 11.0 Å². The molecule has 1 aromatic carbocycles. The van der Waals surface area contributed by atoms with E-state index in [-0.39, 0.29) is 36.2 Å². The van der Waals surface area contributed by atoms with Gasteiger partial charge in [0.05, 0.1) is 25.0 Å². The van der Waals surface area contributed by atoms with Crippen molar-refractivity contribution in [1.82, 2.24) is 20.3 Å². The number of alkyl halides is 3. The first-order chi connectivity index (χ1) is 22.9. The van der Waals surface area contributed by atoms with Gasteiger partial charge in [-0.3, -0.25) is 9.79 Å². The predicted molar refractivity (Wildman–Crippen MR) is 167 cm³/mol. The van der Waals surface area contributed by atoms with Gasteiger partial charge in [-0.15, -0.1) is 0 Å². The van der Waals surface area contributed by atoms with Crippen LogP contribution in [-0.4, -0.2) is 68.2 Å². The van der Waals surface area contributed by atoms with Crippen LogP contribution in [0.5, 0.6) is 0 Å². The normalized spacial score (nSPS) is 19.9. The number of anilines is 1. The third-order valence-corrected chi connectivity index (χ3v) is 9.55. The van der Waals surface area contributed by atoms with Crippen molar-refractivity contribution in [2.45, 2.75) is 88.8 Å². The number of carbonyl (C=O) groups is 1. The summed E-state index contributed by atoms with van der Waals surface area (Å²) in [6.45, 7) is 3.74. The number of aromatic nitrogens is 3. The minimum atomic E-state index is -4.58. The van der Waals surface area contributed by atoms with E-state index in [9.17, 15) is 28.2 Å². The van der Waals surface area contributed by atoms with E-state index < -0.39 is 35.9 Å². The summed E-state index contributed by atoms with van der Waals surface area (Å²) in [5, 5.41) is 22.3. The van der Waals surface area contributed by atoms with Crippen LogP contribution in [0.15, 0.2) is 29.3 Å². The third kappa shape index (κ3) is 6.16. The van der Waals surface area contributed by atoms with Gasteiger partial charge in [-0.1, -0.05) is 0 Å². The number of halogens is 4. The van der Waals surface area contributed by atoms with Gasteiger partial charge < -0.3 is 25.2 Å². The molecular weight excluding hydrogens is 632 g/mol. The zero-order chi connectivity index (χ0) is 34.0. The van der Waals surface area contributed by atoms with Crippen molar-refractivity contribution in [1.29, 1.82) is 0 Å². The van der Waals surface area contributed by atoms with Crippen molar-refractivity contribution >= 4 is 17.4 Å². The highest BCUT2D eigenvalue weighted by Gasteiger charge is 2.47. The fourth-order valence-corrected chi connectivity index (χ4v) is 6.62. The molecule has 2 saturated carbocycles. The van der Waals surface area contributed by atoms with Crippen molar-refractivity contribution in [3.8, 4) is 11.1 Å². The van der Waals surface area contributed by atoms with Gasteiger partial charge in [0.25, 0.3) is 5.91 Å². The lowest BCUT2D eigenvalue weighted by Crippen LogP contribution is -2.49. The van der Waals surface area contributed by atoms with Gasteiger partial charge in [-0.05, 0) is 82.2 Å². The molecule has 3 aromatic rings. The maximum Gasteiger partial charge on any atom is 0.433 e. The zero-order valence-electron chi connectivity index (χ0n) is 26.6. The summed E-state index contributed by atoms with van der Waals surface area (Å²) in [5.74, 6) is -0.553. The SMILES string of the molecule is Cc1nc([C@@H](O)CO)nc(C)c1-c1cc(F)c(COC2CC2)c(N2CCC3(CC2)N=C(c2ccc(C(F)(F)F)nc2C2CC2)NC3=O)c1. The molecular formula is C34H36F4N6O4. The first-order valence-corrected chi connectivity index (χ1v) is 16.2. The van der Waals surface area contributed by atoms with Gasteiger partial charge in [0.2, 0.25) is 0 Å². The predicted octanol–water partition coefficient (Wildman–Crippen LogP) is 4.81. The average molecular weight is 669 g/mol. The Kier molecular flexibility index (Phi) is 8.23. The molecule has 48 heavy (non-hydrogen) atoms. The number of rotatable bonds is 9. The molecule has 2 aromatic heterocycles. The van der Waals surface area contributed by atoms with Gasteiger partial charge in [-0.2, -0.15) is 13.2 Å². The number of hydrogen-bond donors (Lipinski definition) is 3. The first-order valence-electron chi connectivity index (χ1n) is 16.2. The van der Waals surface area contributed by atoms with Crippen LogP contribution >= 0.6 is 0 Å². The smallest absolute Gasteiger partial charge is 0.393 e. The largest absolute Gasteiger partial charge is 0.433 e. The lowest BCUT2D eigenvalue weighted by molar-refractivity contribution is -0.141. The van der Waals surface area contributed by atoms with Crippen molar-refractivity contribution in [3.63, 3.8) is 0 Å². The molecule has 0 unspecified atom stereocenters. The number of nitrogens with one attached hydrogen (secondary N) is 1. The second-order valence-corrected chi connectivity index (χ2v) is 13.1. The summed E-state index contributed by atoms with van der Waals surface area (Å²) in [7, 11) is 0. The Hall–Kier alpha value is -4.01. The highest BCUT2D eigenvalue weighted by Crippen LogP contribution is 2.44. The minimum Gasteiger partial charge on any atom is -0.393 e. The first kappa shape index (κ1) is 32.5. The van der Waals surface area contributed by atoms with Crippen LogP contribution in [0, 0.1) is 19.7 Å². The number of piperidine rings is 1. The molecule has 254 valence electrons. The number of benzene rings is 1. The second kappa shape index (κ2) is 12.1. The Balaban J connectivity index is 1.19. The van der Waals surface area contributed by atoms with E-state index in [1.165, 1.54) is 12.1 Å². The van der Waals surface area contributed by atoms with Crippen molar-refractivity contribution < 1.29 is 37.3 Å². The van der Waals surface area contributed by atoms with Crippen LogP contribution in [0.1, 0.15) is 90.3 Å². The summed E-state index contributed by atoms with van der Waals surface area (Å²) in [5.41, 5.74) is 1.84. The Morgan fingerprint density at radius 3 is 2.35 bits per heavy atom. The second-order valence-electron chi connectivity index (χ2n) is 13.1. The molecule has 3 N–H and O–H groups in total. The van der Waals surface area contributed by atoms with Gasteiger partial charge in [0.1, 0.15) is 29.0 Å². The number of amidine groups is 1. The van der Waals surface area contributed by atoms with Crippen LogP contribution in [0.3, 0.4) is 0 Å². The lowest BCUT2D eigenvalue weighted by atomic mass is 9.87. The Bertz CT molecular complexity index is 1780. The van der Waals surface area contributed by atoms with E-state index in [0.717, 1.165) is 31.7 Å². The van der Waals surface area contributed by atoms with E-state index >= 15 is 4.39 Å². The maximum atomic E-state index is 16.0. The van der Waals surface area contributed by atoms with Crippen molar-refractivity contribution in [2.24, 2.45) is 4.99 Å². The standard InChI is InChI=1S/C34H36F4N6O4/c1-17-28(18(2)40-31(39-17)26(46)15-45)20-13-24(35)23(16-48-21-5-6-21)25(14-20)44-11-9-33(10-12-44)32(47)42-30(43-33)22-7-8-27(34(36,37)38)41-29(22)19-3-4-19/h7-8,13-14,19,21,26,45-46H,3-6,9-12,15-16H2,1-2H3,(H,42,43,47)/t26-/m0/s1. The number of nitrogens with zero attached hydrogens (tertiary/aromatic N) is 5. The monoisotopic (exact) mass is 668 g/mol. The number of hydrogen-bond acceptors (Lipinski definition) is 9. The van der Waals surface area contributed by atoms with Crippen LogP contribution in [0.2, 0.25) is 0 Å². The number of aliphatic imine (C=N–C) groups is 1. The number of aliphatic hydroxyl groups excluding tert-OH is 2. The van der Waals surface area contributed by atoms with E-state index in [1.54, 1.807) is 13.8 Å². The maximum absolute atomic E-state index is 16.0. The topological polar surface area (TPSA) is 133 Å². The van der Waals surface area contributed by atoms with E-state index in [0.29, 0.717) is 71.0 Å². The molecule has 1 amide bonds. The number of pyridine rings is 1. The summed E-state index contributed by atoms with van der Waals surface area (Å²) >= 11 is 0. The van der Waals surface area contributed by atoms with Gasteiger partial charge >= 0.3 is 6.18 Å². The van der Waals surface area contributed by atoms with Crippen LogP contribution in [0.4, 0.5) is 23.2 Å². The molecule has 4 heterocycles. The van der Waals surface area contributed by atoms with Crippen molar-refractivity contribution in [2.75, 3.05) is 24.6 Å². The van der Waals surface area contributed by atoms with E-state index in [4.69, 9.17) is 9.73 Å². The molecule has 2 aliphatic heterocycles. The number of carbonyl (C=O) groups excluding carboxylic acids is 1. The van der Waals surface area contributed by atoms with Crippen LogP contribution < -0.4 is 10.2 Å². The summed E-state index contributed by atoms with van der Waals surface area (Å²) in [6, 6.07) is 5.57. The molecule has 0 bridgehead atoms. The zero-order valence-corrected chi connectivity index (χ0v) is 26.6. The lowest BCUT2D eigenvalue weighted by Gasteiger charge is -2.38. The Morgan fingerprint density at radius 1 is 1.06 bits per heavy atom. The van der Waals surface area contributed by atoms with Crippen LogP contribution in [-0.2, 0) is 22.3 Å². The molecule has 1 atom stereocenters. The molecule has 1 saturated heterocycles. The molecule has 14 heteroatoms. The summed E-state index contributed by atoms with van der Waals surface area (Å²) in [6.07, 6.45) is -1.80. The molecule has 0 radical (unpaired) electrons. The number of aryl methyl sites for hydroxylation is 2. The third-order valence-electron chi connectivity index (χ3n) is 9.55. The Morgan fingerprint density at radius 2 is 1.75 bits per heavy atom. The number of amides is 1. The minimum absolute atomic E-state index is 0.0809. The summed E-state index contributed by atoms with van der Waals surface area (Å²) in [4.78, 5) is 32.9. The van der Waals surface area contributed by atoms with Crippen molar-refractivity contribution in [3.05, 3.63) is 69.8 Å². The molecule has 4 aliphatic rings. The Labute approximate surface area is 274 Å². The van der Waals surface area contributed by atoms with E-state index in [2.05, 4.69) is 20.3 Å².